The zero-order valence-corrected chi connectivity index (χ0v) is 74.8. The third-order valence-electron chi connectivity index (χ3n) is 22.0. The number of carbonyl (C=O) groups is 16. The van der Waals surface area contributed by atoms with Crippen LogP contribution in [0.15, 0.2) is 164 Å². The third-order valence-corrected chi connectivity index (χ3v) is 23.0. The van der Waals surface area contributed by atoms with Gasteiger partial charge in [-0.1, -0.05) is 151 Å². The number of rotatable bonds is 23. The number of aromatic amines is 1. The molecule has 1 aliphatic rings. The average Bonchev–Trinajstić information content (AvgIpc) is 1.50. The molecule has 1 saturated heterocycles. The number of pyridine rings is 1. The van der Waals surface area contributed by atoms with Crippen molar-refractivity contribution >= 4 is 117 Å². The van der Waals surface area contributed by atoms with Crippen LogP contribution in [-0.2, 0) is 115 Å². The number of thioether (sulfide) groups is 1. The van der Waals surface area contributed by atoms with Crippen molar-refractivity contribution in [1.82, 2.24) is 82.3 Å². The van der Waals surface area contributed by atoms with Crippen molar-refractivity contribution in [2.24, 2.45) is 17.6 Å². The van der Waals surface area contributed by atoms with Gasteiger partial charge in [0.05, 0.1) is 31.8 Å². The van der Waals surface area contributed by atoms with Crippen LogP contribution in [0, 0.1) is 11.8 Å². The molecule has 15 N–H and O–H groups in total. The highest BCUT2D eigenvalue weighted by Crippen LogP contribution is 2.25. The number of aliphatic carboxylic acids is 1. The Morgan fingerprint density at radius 3 is 1.50 bits per heavy atom. The number of amides is 15. The van der Waals surface area contributed by atoms with E-state index >= 15 is 33.6 Å². The molecule has 2 aromatic heterocycles. The summed E-state index contributed by atoms with van der Waals surface area (Å²) in [5.74, 6) is -17.6. The Morgan fingerprint density at radius 2 is 0.946 bits per heavy atom. The van der Waals surface area contributed by atoms with E-state index in [9.17, 15) is 58.5 Å². The Kier molecular flexibility index (Phi) is 38.1. The number of carboxylic acids is 1. The number of carboxylic acid groups (broad SMARTS) is 1. The molecule has 11 atom stereocenters. The van der Waals surface area contributed by atoms with Gasteiger partial charge < -0.3 is 98.4 Å². The van der Waals surface area contributed by atoms with Crippen LogP contribution in [0.4, 0.5) is 0 Å². The predicted molar refractivity (Wildman–Crippen MR) is 480 cm³/mol. The first-order valence-corrected chi connectivity index (χ1v) is 43.7. The van der Waals surface area contributed by atoms with Gasteiger partial charge in [0.2, 0.25) is 88.6 Å². The SMILES string of the molecule is CCCC[C@@H]1C(=O)N(C)CC(=O)N[C@@H](CC(=O)O)C(=O)N[C@@H](C(C)C)C(=O)N(C)[C@@H](Cc2ccccc2)C(=O)N[C@@H](Cc2ccc(O)cc2)C(=O)N(C)CC(=O)N[C@H](Cc2c[nH]c3ccccc23)C(=O)N[C@@H](Cc2ccc(O)cc2)C(=O)N[C@@H](CC(C)C)C(=O)N[C@H](C(=O)NCC(N)=O)CSCC(=O)N[C@@H](Cc2ccncc2)C(=O)N(C)[C@@H](Cc2ccccc2)C(=O)N1C. The van der Waals surface area contributed by atoms with E-state index in [0.29, 0.717) is 57.1 Å². The number of nitrogens with one attached hydrogen (secondary N) is 10. The summed E-state index contributed by atoms with van der Waals surface area (Å²) < 4.78 is 0. The number of benzene rings is 5. The zero-order valence-electron chi connectivity index (χ0n) is 74.0. The van der Waals surface area contributed by atoms with E-state index in [0.717, 1.165) is 36.3 Å². The molecule has 0 aliphatic carbocycles. The highest BCUT2D eigenvalue weighted by molar-refractivity contribution is 8.00. The van der Waals surface area contributed by atoms with E-state index in [2.05, 4.69) is 57.8 Å². The quantitative estimate of drug-likeness (QED) is 0.0433. The van der Waals surface area contributed by atoms with Gasteiger partial charge in [0.15, 0.2) is 0 Å². The van der Waals surface area contributed by atoms with Gasteiger partial charge in [-0.15, -0.1) is 11.8 Å². The fourth-order valence-electron chi connectivity index (χ4n) is 14.9. The van der Waals surface area contributed by atoms with Crippen molar-refractivity contribution in [3.05, 3.63) is 198 Å². The van der Waals surface area contributed by atoms with Crippen LogP contribution in [0.3, 0.4) is 0 Å². The van der Waals surface area contributed by atoms with Crippen molar-refractivity contribution in [3.63, 3.8) is 0 Å². The Hall–Kier alpha value is -13.7. The maximum atomic E-state index is 15.5. The lowest BCUT2D eigenvalue weighted by Gasteiger charge is -2.37. The highest BCUT2D eigenvalue weighted by Gasteiger charge is 2.42. The lowest BCUT2D eigenvalue weighted by molar-refractivity contribution is -0.151. The third kappa shape index (κ3) is 30.5. The Labute approximate surface area is 752 Å². The number of phenolic OH excluding ortho intramolecular Hbond substituents is 2. The smallest absolute Gasteiger partial charge is 0.305 e. The van der Waals surface area contributed by atoms with E-state index in [1.165, 1.54) is 96.2 Å². The summed E-state index contributed by atoms with van der Waals surface area (Å²) >= 11 is 0.819. The van der Waals surface area contributed by atoms with Crippen LogP contribution < -0.4 is 53.6 Å². The van der Waals surface area contributed by atoms with Crippen molar-refractivity contribution in [1.29, 1.82) is 0 Å². The summed E-state index contributed by atoms with van der Waals surface area (Å²) in [6.45, 7) is 6.15. The molecule has 0 unspecified atom stereocenters. The van der Waals surface area contributed by atoms with E-state index in [4.69, 9.17) is 5.73 Å². The second-order valence-corrected chi connectivity index (χ2v) is 34.0. The van der Waals surface area contributed by atoms with Crippen LogP contribution in [0.1, 0.15) is 100 Å². The topological polar surface area (TPSA) is 513 Å². The van der Waals surface area contributed by atoms with Crippen LogP contribution in [0.25, 0.3) is 10.9 Å². The van der Waals surface area contributed by atoms with Crippen LogP contribution in [0.2, 0.25) is 0 Å². The van der Waals surface area contributed by atoms with E-state index in [1.54, 1.807) is 131 Å². The van der Waals surface area contributed by atoms with Gasteiger partial charge in [0.1, 0.15) is 78.0 Å². The number of unbranched alkanes of at least 4 members (excludes halogenated alkanes) is 1. The minimum atomic E-state index is -1.91. The summed E-state index contributed by atoms with van der Waals surface area (Å²) in [5, 5.41) is 55.5. The average molecular weight is 1800 g/mol. The van der Waals surface area contributed by atoms with Gasteiger partial charge in [0.25, 0.3) is 0 Å². The summed E-state index contributed by atoms with van der Waals surface area (Å²) in [7, 11) is 6.51. The fourth-order valence-corrected chi connectivity index (χ4v) is 15.7. The lowest BCUT2D eigenvalue weighted by atomic mass is 9.98. The zero-order chi connectivity index (χ0) is 94.3. The van der Waals surface area contributed by atoms with Gasteiger partial charge in [-0.25, -0.2) is 0 Å². The minimum absolute atomic E-state index is 0.0240. The van der Waals surface area contributed by atoms with Crippen LogP contribution in [0.5, 0.6) is 11.5 Å². The Morgan fingerprint density at radius 1 is 0.481 bits per heavy atom. The molecule has 0 spiro atoms. The van der Waals surface area contributed by atoms with Gasteiger partial charge >= 0.3 is 5.97 Å². The summed E-state index contributed by atoms with van der Waals surface area (Å²) in [6, 6.07) is 21.7. The number of likely N-dealkylation sites (N-methyl/N-ethyl adjacent to an activating group) is 5. The molecule has 690 valence electrons. The first-order valence-electron chi connectivity index (χ1n) is 42.5. The minimum Gasteiger partial charge on any atom is -0.508 e. The molecule has 37 heteroatoms. The fraction of sp³-hybridized carbons (Fsp3) is 0.424. The number of nitrogens with zero attached hydrogens (tertiary/aromatic N) is 6. The number of hydrogen-bond acceptors (Lipinski definition) is 20. The molecule has 7 aromatic rings. The molecule has 36 nitrogen and oxygen atoms in total. The molecule has 5 aromatic carbocycles. The molecule has 0 saturated carbocycles. The van der Waals surface area contributed by atoms with E-state index in [-0.39, 0.29) is 68.8 Å². The summed E-state index contributed by atoms with van der Waals surface area (Å²) in [6.07, 6.45) is 2.95. The largest absolute Gasteiger partial charge is 0.508 e. The molecule has 1 aliphatic heterocycles. The van der Waals surface area contributed by atoms with Crippen molar-refractivity contribution in [3.8, 4) is 11.5 Å². The Balaban J connectivity index is 1.21. The van der Waals surface area contributed by atoms with Crippen molar-refractivity contribution in [2.75, 3.05) is 66.4 Å². The second-order valence-electron chi connectivity index (χ2n) is 32.9. The van der Waals surface area contributed by atoms with Gasteiger partial charge in [-0.3, -0.25) is 81.7 Å². The monoisotopic (exact) mass is 1800 g/mol. The summed E-state index contributed by atoms with van der Waals surface area (Å²) in [5.41, 5.74) is 9.03. The molecule has 15 amide bonds. The number of nitrogens with two attached hydrogens (primary N) is 1. The second kappa shape index (κ2) is 48.8. The molecule has 129 heavy (non-hydrogen) atoms. The van der Waals surface area contributed by atoms with Crippen molar-refractivity contribution in [2.45, 2.75) is 172 Å². The maximum Gasteiger partial charge on any atom is 0.305 e. The predicted octanol–water partition coefficient (Wildman–Crippen LogP) is 1.72. The normalized spacial score (nSPS) is 21.9. The number of H-pyrrole nitrogens is 1. The molecule has 0 bridgehead atoms. The number of phenols is 2. The number of fused-ring (bicyclic) bond motifs is 1. The van der Waals surface area contributed by atoms with Gasteiger partial charge in [-0.2, -0.15) is 0 Å². The van der Waals surface area contributed by atoms with Crippen LogP contribution in [-0.4, -0.2) is 277 Å². The number of aromatic nitrogens is 2. The number of primary amides is 1. The van der Waals surface area contributed by atoms with E-state index < -0.39 is 205 Å². The molecule has 0 radical (unpaired) electrons. The standard InChI is InChI=1S/C92H117N17O19S/c1-11-12-27-73-90(126)106(7)51-78(114)98-69(47-80(116)117)86(122)104-81(55(4)5)92(128)108(9)74(44-56-21-15-13-16-22-56)87(123)102-70(42-59-30-34-63(111)35-31-59)88(124)105(6)50-77(113)97-68(46-61-48-95-65-26-20-19-25-64(61)65)85(121)101-67(41-58-28-32-62(110)33-29-58)84(120)100-66(40-54(2)3)83(119)103-72(82(118)96-49-76(93)112)52-129-53-79(115)99-71(43-60-36-38-94-39-37-60)89(125)109(10)75(91(127)107(73)8)45-57-23-17-14-18-24-57/h13-26,28-39,48,54-55,66-75,81,95,110-111H,11-12,27,40-47,49-53H2,1-10H3,(H2,93,112)(H,96,118)(H,97,113)(H,98,114)(H,99,115)(H,100,120)(H,101,121)(H,102,123)(H,103,119)(H,104,122)(H,116,117)/t66-,67-,68+,69-,70-,71-,72-,73+,74-,75-,81-/m0/s1. The maximum absolute atomic E-state index is 15.5. The molecule has 8 rings (SSSR count). The first-order chi connectivity index (χ1) is 61.4. The molecular weight excluding hydrogens is 1680 g/mol. The number of carbonyl (C=O) groups excluding carboxylic acids is 15. The molecular formula is C92H117N17O19S. The highest BCUT2D eigenvalue weighted by atomic mass is 32.2. The summed E-state index contributed by atoms with van der Waals surface area (Å²) in [4.78, 5) is 247. The number of aromatic hydroxyl groups is 2. The van der Waals surface area contributed by atoms with Crippen LogP contribution >= 0.6 is 11.8 Å². The number of para-hydroxylation sites is 1. The number of hydrogen-bond donors (Lipinski definition) is 14. The van der Waals surface area contributed by atoms with E-state index in [1.807, 2.05) is 6.92 Å². The lowest BCUT2D eigenvalue weighted by Crippen LogP contribution is -2.61. The Bertz CT molecular complexity index is 5070. The molecule has 1 fully saturated rings. The first kappa shape index (κ1) is 101. The molecule has 3 heterocycles. The van der Waals surface area contributed by atoms with Gasteiger partial charge in [0, 0.05) is 109 Å². The van der Waals surface area contributed by atoms with Crippen molar-refractivity contribution < 1.29 is 92.0 Å². The van der Waals surface area contributed by atoms with Gasteiger partial charge in [-0.05, 0) is 101 Å².